The second kappa shape index (κ2) is 10.2. The van der Waals surface area contributed by atoms with Gasteiger partial charge < -0.3 is 4.74 Å². The zero-order valence-electron chi connectivity index (χ0n) is 18.9. The fraction of sp³-hybridized carbons (Fsp3) is 0.136. The summed E-state index contributed by atoms with van der Waals surface area (Å²) >= 11 is 5.84. The van der Waals surface area contributed by atoms with E-state index in [1.54, 1.807) is 6.92 Å². The molecular weight excluding hydrogens is 510 g/mol. The van der Waals surface area contributed by atoms with Gasteiger partial charge in [-0.05, 0) is 55.5 Å². The van der Waals surface area contributed by atoms with E-state index in [2.05, 4.69) is 30.2 Å². The average molecular weight is 528 g/mol. The van der Waals surface area contributed by atoms with Crippen molar-refractivity contribution in [3.8, 4) is 5.75 Å². The molecule has 184 valence electrons. The number of carbonyl (C=O) groups excluding carboxylic acids is 2. The predicted molar refractivity (Wildman–Crippen MR) is 130 cm³/mol. The monoisotopic (exact) mass is 527 g/mol. The van der Waals surface area contributed by atoms with Gasteiger partial charge >= 0.3 is 0 Å². The fourth-order valence-corrected chi connectivity index (χ4v) is 4.19. The van der Waals surface area contributed by atoms with Crippen LogP contribution in [0.1, 0.15) is 17.3 Å². The molecule has 0 fully saturated rings. The van der Waals surface area contributed by atoms with Crippen LogP contribution >= 0.6 is 11.6 Å². The largest absolute Gasteiger partial charge is 0.495 e. The Labute approximate surface area is 210 Å². The molecule has 4 rings (SSSR count). The molecule has 1 aliphatic rings. The number of benzene rings is 2. The zero-order valence-corrected chi connectivity index (χ0v) is 20.4. The van der Waals surface area contributed by atoms with Crippen molar-refractivity contribution >= 4 is 50.7 Å². The molecule has 12 nitrogen and oxygen atoms in total. The predicted octanol–water partition coefficient (Wildman–Crippen LogP) is 3.45. The number of methoxy groups -OCH3 is 1. The summed E-state index contributed by atoms with van der Waals surface area (Å²) in [6, 6.07) is 11.8. The van der Waals surface area contributed by atoms with Crippen LogP contribution in [0.25, 0.3) is 0 Å². The Hall–Kier alpha value is -4.23. The van der Waals surface area contributed by atoms with Gasteiger partial charge in [0, 0.05) is 16.7 Å². The number of amides is 2. The van der Waals surface area contributed by atoms with Crippen LogP contribution in [-0.4, -0.2) is 54.3 Å². The summed E-state index contributed by atoms with van der Waals surface area (Å²) in [7, 11) is -2.53. The number of sulfonamides is 1. The molecule has 2 aromatic carbocycles. The Bertz CT molecular complexity index is 1480. The molecule has 14 heteroatoms. The van der Waals surface area contributed by atoms with E-state index >= 15 is 0 Å². The lowest BCUT2D eigenvalue weighted by molar-refractivity contribution is -0.127. The van der Waals surface area contributed by atoms with E-state index in [0.717, 1.165) is 5.01 Å². The second-order valence-corrected chi connectivity index (χ2v) is 9.52. The summed E-state index contributed by atoms with van der Waals surface area (Å²) in [5, 5.41) is 20.6. The average Bonchev–Trinajstić information content (AvgIpc) is 3.15. The summed E-state index contributed by atoms with van der Waals surface area (Å²) in [5.41, 5.74) is 0.819. The van der Waals surface area contributed by atoms with Crippen LogP contribution in [0.5, 0.6) is 5.75 Å². The maximum atomic E-state index is 12.7. The standard InChI is InChI=1S/C22H18ClN7O5S/c1-13-20(22(32)30(28-13)21(31)14-3-5-15(23)6-4-14)27-25-16-7-9-18(10-8-16)36(33,34)29-19-11-17(35-2)12-24-26-19/h3-12,20H,1-2H3,(H,26,29). The van der Waals surface area contributed by atoms with Crippen LogP contribution in [0, 0.1) is 0 Å². The Morgan fingerprint density at radius 2 is 1.83 bits per heavy atom. The fourth-order valence-electron chi connectivity index (χ4n) is 3.07. The van der Waals surface area contributed by atoms with Crippen molar-refractivity contribution < 1.29 is 22.7 Å². The minimum atomic E-state index is -3.96. The van der Waals surface area contributed by atoms with Gasteiger partial charge in [0.05, 0.1) is 29.6 Å². The molecule has 1 aromatic heterocycles. The van der Waals surface area contributed by atoms with Gasteiger partial charge in [-0.3, -0.25) is 14.3 Å². The van der Waals surface area contributed by atoms with Crippen LogP contribution in [0.15, 0.2) is 81.0 Å². The molecule has 36 heavy (non-hydrogen) atoms. The third-order valence-corrected chi connectivity index (χ3v) is 6.54. The number of carbonyl (C=O) groups is 2. The van der Waals surface area contributed by atoms with Crippen LogP contribution in [0.2, 0.25) is 5.02 Å². The quantitative estimate of drug-likeness (QED) is 0.364. The number of nitrogens with zero attached hydrogens (tertiary/aromatic N) is 6. The minimum absolute atomic E-state index is 0.00896. The van der Waals surface area contributed by atoms with Crippen LogP contribution in [0.3, 0.4) is 0 Å². The number of rotatable bonds is 7. The molecule has 0 saturated carbocycles. The second-order valence-electron chi connectivity index (χ2n) is 7.40. The van der Waals surface area contributed by atoms with E-state index in [9.17, 15) is 18.0 Å². The van der Waals surface area contributed by atoms with Crippen molar-refractivity contribution in [2.75, 3.05) is 11.8 Å². The minimum Gasteiger partial charge on any atom is -0.495 e. The molecule has 1 unspecified atom stereocenters. The molecule has 3 aromatic rings. The SMILES string of the molecule is COc1cnnc(NS(=O)(=O)c2ccc(N=NC3C(=O)N(C(=O)c4ccc(Cl)cc4)N=C3C)cc2)c1. The van der Waals surface area contributed by atoms with E-state index < -0.39 is 27.9 Å². The van der Waals surface area contributed by atoms with Crippen LogP contribution in [0.4, 0.5) is 11.5 Å². The molecule has 1 N–H and O–H groups in total. The highest BCUT2D eigenvalue weighted by Crippen LogP contribution is 2.23. The summed E-state index contributed by atoms with van der Waals surface area (Å²) in [6.45, 7) is 1.56. The van der Waals surface area contributed by atoms with Gasteiger partial charge in [-0.2, -0.15) is 25.4 Å². The first-order valence-corrected chi connectivity index (χ1v) is 12.1. The lowest BCUT2D eigenvalue weighted by Gasteiger charge is -2.10. The molecule has 1 atom stereocenters. The lowest BCUT2D eigenvalue weighted by Crippen LogP contribution is -2.34. The molecular formula is C22H18ClN7O5S. The van der Waals surface area contributed by atoms with E-state index in [-0.39, 0.29) is 27.7 Å². The molecule has 0 aliphatic carbocycles. The van der Waals surface area contributed by atoms with Gasteiger partial charge in [0.15, 0.2) is 11.9 Å². The molecule has 1 aliphatic heterocycles. The molecule has 0 radical (unpaired) electrons. The number of imide groups is 1. The molecule has 0 saturated heterocycles. The lowest BCUT2D eigenvalue weighted by atomic mass is 10.2. The summed E-state index contributed by atoms with van der Waals surface area (Å²) in [4.78, 5) is 25.3. The zero-order chi connectivity index (χ0) is 25.9. The maximum absolute atomic E-state index is 12.7. The van der Waals surface area contributed by atoms with Crippen molar-refractivity contribution in [2.45, 2.75) is 17.9 Å². The van der Waals surface area contributed by atoms with Crippen molar-refractivity contribution in [3.63, 3.8) is 0 Å². The third-order valence-electron chi connectivity index (χ3n) is 4.92. The Morgan fingerprint density at radius 1 is 1.14 bits per heavy atom. The van der Waals surface area contributed by atoms with E-state index in [1.165, 1.54) is 67.9 Å². The summed E-state index contributed by atoms with van der Waals surface area (Å²) in [5.74, 6) is -0.937. The molecule has 0 spiro atoms. The van der Waals surface area contributed by atoms with Gasteiger partial charge in [-0.15, -0.1) is 5.10 Å². The van der Waals surface area contributed by atoms with Crippen LogP contribution < -0.4 is 9.46 Å². The number of aromatic nitrogens is 2. The first kappa shape index (κ1) is 24.9. The Balaban J connectivity index is 1.45. The first-order chi connectivity index (χ1) is 17.2. The van der Waals surface area contributed by atoms with Crippen molar-refractivity contribution in [2.24, 2.45) is 15.3 Å². The number of nitrogens with one attached hydrogen (secondary N) is 1. The van der Waals surface area contributed by atoms with Gasteiger partial charge in [0.25, 0.3) is 21.8 Å². The number of anilines is 1. The highest BCUT2D eigenvalue weighted by Gasteiger charge is 2.38. The number of hydrogen-bond acceptors (Lipinski definition) is 10. The number of halogens is 1. The van der Waals surface area contributed by atoms with Crippen molar-refractivity contribution in [1.29, 1.82) is 0 Å². The van der Waals surface area contributed by atoms with E-state index in [0.29, 0.717) is 10.8 Å². The number of azo groups is 1. The summed E-state index contributed by atoms with van der Waals surface area (Å²) < 4.78 is 32.6. The van der Waals surface area contributed by atoms with Crippen LogP contribution in [-0.2, 0) is 14.8 Å². The molecule has 0 bridgehead atoms. The summed E-state index contributed by atoms with van der Waals surface area (Å²) in [6.07, 6.45) is 1.34. The number of ether oxygens (including phenoxy) is 1. The van der Waals surface area contributed by atoms with E-state index in [1.807, 2.05) is 0 Å². The van der Waals surface area contributed by atoms with Gasteiger partial charge in [0.1, 0.15) is 5.75 Å². The topological polar surface area (TPSA) is 156 Å². The highest BCUT2D eigenvalue weighted by molar-refractivity contribution is 7.92. The maximum Gasteiger partial charge on any atom is 0.282 e. The van der Waals surface area contributed by atoms with Crippen molar-refractivity contribution in [3.05, 3.63) is 71.4 Å². The third kappa shape index (κ3) is 5.37. The van der Waals surface area contributed by atoms with Crippen molar-refractivity contribution in [1.82, 2.24) is 15.2 Å². The number of hydrogen-bond donors (Lipinski definition) is 1. The smallest absolute Gasteiger partial charge is 0.282 e. The number of hydrazone groups is 1. The normalized spacial score (nSPS) is 15.8. The Morgan fingerprint density at radius 3 is 2.50 bits per heavy atom. The van der Waals surface area contributed by atoms with Gasteiger partial charge in [0.2, 0.25) is 0 Å². The van der Waals surface area contributed by atoms with Gasteiger partial charge in [-0.1, -0.05) is 11.6 Å². The molecule has 2 amide bonds. The van der Waals surface area contributed by atoms with Gasteiger partial charge in [-0.25, -0.2) is 8.42 Å². The Kier molecular flexibility index (Phi) is 7.03. The van der Waals surface area contributed by atoms with E-state index in [4.69, 9.17) is 16.3 Å². The molecule has 2 heterocycles. The highest BCUT2D eigenvalue weighted by atomic mass is 35.5. The first-order valence-electron chi connectivity index (χ1n) is 10.3.